The first-order valence-electron chi connectivity index (χ1n) is 10.7. The van der Waals surface area contributed by atoms with E-state index in [1.165, 1.54) is 23.4 Å². The van der Waals surface area contributed by atoms with Gasteiger partial charge in [-0.2, -0.15) is 4.98 Å². The van der Waals surface area contributed by atoms with Gasteiger partial charge in [-0.3, -0.25) is 0 Å². The molecule has 1 N–H and O–H groups in total. The van der Waals surface area contributed by atoms with Crippen molar-refractivity contribution in [1.29, 1.82) is 0 Å². The minimum Gasteiger partial charge on any atom is -0.480 e. The van der Waals surface area contributed by atoms with Gasteiger partial charge in [0.2, 0.25) is 11.1 Å². The SMILES string of the molecule is CSc1nc2n(n1)[C@@H](c1ccc(C)cc1)C1=C(N2)c2ccccc2O[C@H]1c1ccccc1F. The zero-order valence-corrected chi connectivity index (χ0v) is 18.9. The zero-order chi connectivity index (χ0) is 22.5. The van der Waals surface area contributed by atoms with Gasteiger partial charge in [-0.05, 0) is 36.9 Å². The van der Waals surface area contributed by atoms with Crippen LogP contribution in [0.3, 0.4) is 0 Å². The number of rotatable bonds is 3. The second-order valence-electron chi connectivity index (χ2n) is 8.15. The predicted molar refractivity (Wildman–Crippen MR) is 128 cm³/mol. The summed E-state index contributed by atoms with van der Waals surface area (Å²) in [7, 11) is 0. The second kappa shape index (κ2) is 7.78. The monoisotopic (exact) mass is 456 g/mol. The maximum absolute atomic E-state index is 15.1. The van der Waals surface area contributed by atoms with Gasteiger partial charge in [-0.15, -0.1) is 5.10 Å². The maximum Gasteiger partial charge on any atom is 0.227 e. The van der Waals surface area contributed by atoms with Gasteiger partial charge in [0.15, 0.2) is 6.10 Å². The van der Waals surface area contributed by atoms with Gasteiger partial charge in [0, 0.05) is 16.7 Å². The molecule has 3 aromatic carbocycles. The molecule has 2 aliphatic heterocycles. The Morgan fingerprint density at radius 2 is 1.76 bits per heavy atom. The number of ether oxygens (including phenoxy) is 1. The van der Waals surface area contributed by atoms with Crippen LogP contribution in [0.25, 0.3) is 5.70 Å². The lowest BCUT2D eigenvalue weighted by atomic mass is 9.84. The fraction of sp³-hybridized carbons (Fsp3) is 0.154. The first-order chi connectivity index (χ1) is 16.1. The van der Waals surface area contributed by atoms with Crippen LogP contribution in [-0.2, 0) is 0 Å². The number of hydrogen-bond donors (Lipinski definition) is 1. The molecule has 2 atom stereocenters. The van der Waals surface area contributed by atoms with Crippen LogP contribution in [0.1, 0.15) is 34.4 Å². The zero-order valence-electron chi connectivity index (χ0n) is 18.1. The number of para-hydroxylation sites is 1. The fourth-order valence-electron chi connectivity index (χ4n) is 4.56. The summed E-state index contributed by atoms with van der Waals surface area (Å²) in [5, 5.41) is 8.94. The normalized spacial score (nSPS) is 18.6. The number of halogens is 1. The summed E-state index contributed by atoms with van der Waals surface area (Å²) < 4.78 is 23.5. The summed E-state index contributed by atoms with van der Waals surface area (Å²) in [6.45, 7) is 2.06. The summed E-state index contributed by atoms with van der Waals surface area (Å²) in [5.74, 6) is 1.07. The van der Waals surface area contributed by atoms with Gasteiger partial charge in [-0.25, -0.2) is 9.07 Å². The lowest BCUT2D eigenvalue weighted by Crippen LogP contribution is -2.32. The van der Waals surface area contributed by atoms with E-state index >= 15 is 4.39 Å². The number of aromatic nitrogens is 3. The van der Waals surface area contributed by atoms with E-state index in [2.05, 4.69) is 36.5 Å². The van der Waals surface area contributed by atoms with Crippen LogP contribution in [0.4, 0.5) is 10.3 Å². The van der Waals surface area contributed by atoms with E-state index in [0.717, 1.165) is 22.4 Å². The average molecular weight is 457 g/mol. The fourth-order valence-corrected chi connectivity index (χ4v) is 4.91. The standard InChI is InChI=1S/C26H21FN4OS/c1-15-11-13-16(14-12-15)23-21-22(28-25-29-26(33-2)30-31(23)25)18-8-4-6-10-20(18)32-24(21)17-7-3-5-9-19(17)27/h3-14,23-24H,1-2H3,(H,28,29,30)/t23-,24-/m0/s1. The number of aryl methyl sites for hydroxylation is 1. The lowest BCUT2D eigenvalue weighted by molar-refractivity contribution is 0.218. The van der Waals surface area contributed by atoms with Crippen LogP contribution in [0.2, 0.25) is 0 Å². The highest BCUT2D eigenvalue weighted by Gasteiger charge is 2.42. The number of nitrogens with one attached hydrogen (secondary N) is 1. The Labute approximate surface area is 195 Å². The molecule has 0 unspecified atom stereocenters. The molecule has 3 heterocycles. The van der Waals surface area contributed by atoms with Gasteiger partial charge < -0.3 is 10.1 Å². The second-order valence-corrected chi connectivity index (χ2v) is 8.92. The molecule has 0 spiro atoms. The van der Waals surface area contributed by atoms with Crippen LogP contribution in [-0.4, -0.2) is 21.0 Å². The lowest BCUT2D eigenvalue weighted by Gasteiger charge is -2.39. The van der Waals surface area contributed by atoms with Crippen molar-refractivity contribution in [2.75, 3.05) is 11.6 Å². The summed E-state index contributed by atoms with van der Waals surface area (Å²) in [6.07, 6.45) is 1.33. The summed E-state index contributed by atoms with van der Waals surface area (Å²) in [6, 6.07) is 22.7. The molecule has 0 amide bonds. The number of thioether (sulfide) groups is 1. The molecule has 164 valence electrons. The molecule has 0 saturated carbocycles. The van der Waals surface area contributed by atoms with Crippen LogP contribution >= 0.6 is 11.8 Å². The van der Waals surface area contributed by atoms with E-state index in [4.69, 9.17) is 14.8 Å². The molecule has 0 fully saturated rings. The Bertz CT molecular complexity index is 1400. The molecule has 33 heavy (non-hydrogen) atoms. The van der Waals surface area contributed by atoms with Gasteiger partial charge in [-0.1, -0.05) is 71.9 Å². The van der Waals surface area contributed by atoms with Crippen molar-refractivity contribution < 1.29 is 9.13 Å². The van der Waals surface area contributed by atoms with E-state index in [9.17, 15) is 0 Å². The van der Waals surface area contributed by atoms with Crippen LogP contribution < -0.4 is 10.1 Å². The highest BCUT2D eigenvalue weighted by atomic mass is 32.2. The van der Waals surface area contributed by atoms with Gasteiger partial charge in [0.25, 0.3) is 0 Å². The number of hydrogen-bond acceptors (Lipinski definition) is 5. The minimum absolute atomic E-state index is 0.300. The number of fused-ring (bicyclic) bond motifs is 3. The third-order valence-corrected chi connectivity index (χ3v) is 6.66. The van der Waals surface area contributed by atoms with Crippen LogP contribution in [0, 0.1) is 12.7 Å². The molecule has 0 aliphatic carbocycles. The Morgan fingerprint density at radius 3 is 2.55 bits per heavy atom. The Hall–Kier alpha value is -3.58. The van der Waals surface area contributed by atoms with E-state index in [1.807, 2.05) is 41.3 Å². The van der Waals surface area contributed by atoms with E-state index < -0.39 is 6.10 Å². The van der Waals surface area contributed by atoms with Crippen LogP contribution in [0.15, 0.2) is 83.5 Å². The summed E-state index contributed by atoms with van der Waals surface area (Å²) >= 11 is 1.49. The smallest absolute Gasteiger partial charge is 0.227 e. The van der Waals surface area contributed by atoms with Crippen molar-refractivity contribution in [3.05, 3.63) is 106 Å². The molecule has 1 aromatic heterocycles. The molecule has 0 bridgehead atoms. The third kappa shape index (κ3) is 3.23. The number of anilines is 1. The van der Waals surface area contributed by atoms with Crippen molar-refractivity contribution in [3.8, 4) is 5.75 Å². The summed E-state index contributed by atoms with van der Waals surface area (Å²) in [4.78, 5) is 4.70. The molecular weight excluding hydrogens is 435 g/mol. The predicted octanol–water partition coefficient (Wildman–Crippen LogP) is 6.01. The molecule has 2 aliphatic rings. The molecule has 4 aromatic rings. The van der Waals surface area contributed by atoms with Crippen molar-refractivity contribution in [2.24, 2.45) is 0 Å². The quantitative estimate of drug-likeness (QED) is 0.383. The Balaban J connectivity index is 1.65. The van der Waals surface area contributed by atoms with Crippen molar-refractivity contribution >= 4 is 23.4 Å². The summed E-state index contributed by atoms with van der Waals surface area (Å²) in [5.41, 5.74) is 5.43. The first-order valence-corrected chi connectivity index (χ1v) is 11.9. The molecule has 0 saturated heterocycles. The third-order valence-electron chi connectivity index (χ3n) is 6.12. The molecule has 5 nitrogen and oxygen atoms in total. The van der Waals surface area contributed by atoms with Gasteiger partial charge in [0.1, 0.15) is 17.6 Å². The molecule has 7 heteroatoms. The average Bonchev–Trinajstić information content (AvgIpc) is 3.26. The van der Waals surface area contributed by atoms with Crippen molar-refractivity contribution in [3.63, 3.8) is 0 Å². The van der Waals surface area contributed by atoms with E-state index in [0.29, 0.717) is 22.4 Å². The van der Waals surface area contributed by atoms with Gasteiger partial charge >= 0.3 is 0 Å². The molecular formula is C26H21FN4OS. The minimum atomic E-state index is -0.620. The Morgan fingerprint density at radius 1 is 1.00 bits per heavy atom. The molecule has 0 radical (unpaired) electrons. The first kappa shape index (κ1) is 20.1. The van der Waals surface area contributed by atoms with Crippen molar-refractivity contribution in [1.82, 2.24) is 14.8 Å². The van der Waals surface area contributed by atoms with E-state index in [-0.39, 0.29) is 11.9 Å². The largest absolute Gasteiger partial charge is 0.480 e. The van der Waals surface area contributed by atoms with Crippen molar-refractivity contribution in [2.45, 2.75) is 24.2 Å². The van der Waals surface area contributed by atoms with Gasteiger partial charge in [0.05, 0.1) is 5.70 Å². The topological polar surface area (TPSA) is 52.0 Å². The number of nitrogens with zero attached hydrogens (tertiary/aromatic N) is 3. The Kier molecular flexibility index (Phi) is 4.73. The maximum atomic E-state index is 15.1. The number of benzene rings is 3. The highest BCUT2D eigenvalue weighted by Crippen LogP contribution is 2.51. The van der Waals surface area contributed by atoms with Crippen LogP contribution in [0.5, 0.6) is 5.75 Å². The van der Waals surface area contributed by atoms with E-state index in [1.54, 1.807) is 12.1 Å². The molecule has 6 rings (SSSR count). The highest BCUT2D eigenvalue weighted by molar-refractivity contribution is 7.98.